The average Bonchev–Trinajstić information content (AvgIpc) is 2.73. The number of benzene rings is 2. The van der Waals surface area contributed by atoms with Gasteiger partial charge in [-0.3, -0.25) is 14.6 Å². The molecule has 11 heteroatoms. The number of hydrazone groups is 1. The summed E-state index contributed by atoms with van der Waals surface area (Å²) in [6.45, 7) is 0.112. The van der Waals surface area contributed by atoms with E-state index in [1.54, 1.807) is 42.5 Å². The molecule has 0 radical (unpaired) electrons. The molecule has 1 aromatic heterocycles. The standard InChI is InChI=1S/C19H16FN5O4S/c20-15-4-2-1-3-13(15)10-29-14-7-5-12(6-8-14)9-21-23-16(26)11-30-18-17(27)22-19(28)25-24-18/h1-9H,10-11H2,(H,23,26)(H2,22,25,27,28)/b21-9+. The number of rotatable bonds is 8. The Balaban J connectivity index is 1.45. The number of hydrogen-bond acceptors (Lipinski definition) is 7. The van der Waals surface area contributed by atoms with Crippen molar-refractivity contribution in [2.75, 3.05) is 5.75 Å². The van der Waals surface area contributed by atoms with Gasteiger partial charge in [-0.1, -0.05) is 30.0 Å². The van der Waals surface area contributed by atoms with Gasteiger partial charge in [0.25, 0.3) is 5.56 Å². The van der Waals surface area contributed by atoms with E-state index in [1.165, 1.54) is 12.3 Å². The van der Waals surface area contributed by atoms with Crippen molar-refractivity contribution in [2.45, 2.75) is 11.6 Å². The fourth-order valence-corrected chi connectivity index (χ4v) is 2.83. The van der Waals surface area contributed by atoms with Crippen LogP contribution in [0, 0.1) is 5.82 Å². The van der Waals surface area contributed by atoms with E-state index in [9.17, 15) is 18.8 Å². The molecule has 0 aliphatic rings. The molecule has 154 valence electrons. The van der Waals surface area contributed by atoms with E-state index in [-0.39, 0.29) is 23.2 Å². The van der Waals surface area contributed by atoms with E-state index in [1.807, 2.05) is 4.98 Å². The highest BCUT2D eigenvalue weighted by Gasteiger charge is 2.07. The van der Waals surface area contributed by atoms with Gasteiger partial charge in [-0.25, -0.2) is 19.7 Å². The third-order valence-corrected chi connectivity index (χ3v) is 4.61. The van der Waals surface area contributed by atoms with Crippen LogP contribution in [-0.4, -0.2) is 33.1 Å². The molecular formula is C19H16FN5O4S. The van der Waals surface area contributed by atoms with E-state index in [2.05, 4.69) is 20.7 Å². The van der Waals surface area contributed by atoms with Crippen LogP contribution in [0.5, 0.6) is 5.75 Å². The van der Waals surface area contributed by atoms with E-state index >= 15 is 0 Å². The number of aromatic amines is 2. The Kier molecular flexibility index (Phi) is 7.11. The van der Waals surface area contributed by atoms with Crippen LogP contribution >= 0.6 is 11.8 Å². The lowest BCUT2D eigenvalue weighted by Gasteiger charge is -2.07. The smallest absolute Gasteiger partial charge is 0.342 e. The second-order valence-corrected chi connectivity index (χ2v) is 6.81. The molecule has 0 bridgehead atoms. The Morgan fingerprint density at radius 1 is 1.20 bits per heavy atom. The maximum atomic E-state index is 13.6. The number of aromatic nitrogens is 3. The quantitative estimate of drug-likeness (QED) is 0.282. The summed E-state index contributed by atoms with van der Waals surface area (Å²) in [5.74, 6) is -0.318. The van der Waals surface area contributed by atoms with Crippen molar-refractivity contribution in [2.24, 2.45) is 5.10 Å². The monoisotopic (exact) mass is 429 g/mol. The highest BCUT2D eigenvalue weighted by atomic mass is 32.2. The van der Waals surface area contributed by atoms with Gasteiger partial charge in [-0.2, -0.15) is 10.2 Å². The van der Waals surface area contributed by atoms with Crippen LogP contribution in [-0.2, 0) is 11.4 Å². The Morgan fingerprint density at radius 3 is 2.70 bits per heavy atom. The number of carbonyl (C=O) groups excluding carboxylic acids is 1. The number of halogens is 1. The summed E-state index contributed by atoms with van der Waals surface area (Å²) in [4.78, 5) is 36.2. The van der Waals surface area contributed by atoms with Crippen molar-refractivity contribution in [3.8, 4) is 5.75 Å². The molecular weight excluding hydrogens is 413 g/mol. The molecule has 3 rings (SSSR count). The molecule has 2 aromatic carbocycles. The number of carbonyl (C=O) groups is 1. The van der Waals surface area contributed by atoms with Crippen LogP contribution in [0.2, 0.25) is 0 Å². The third-order valence-electron chi connectivity index (χ3n) is 3.66. The number of H-pyrrole nitrogens is 2. The normalized spacial score (nSPS) is 10.8. The van der Waals surface area contributed by atoms with E-state index < -0.39 is 17.2 Å². The molecule has 3 N–H and O–H groups in total. The van der Waals surface area contributed by atoms with Crippen molar-refractivity contribution in [1.29, 1.82) is 0 Å². The van der Waals surface area contributed by atoms with Crippen molar-refractivity contribution in [3.63, 3.8) is 0 Å². The average molecular weight is 429 g/mol. The maximum absolute atomic E-state index is 13.6. The van der Waals surface area contributed by atoms with E-state index in [0.717, 1.165) is 11.8 Å². The minimum atomic E-state index is -0.720. The molecule has 0 atom stereocenters. The topological polar surface area (TPSA) is 129 Å². The molecule has 0 fully saturated rings. The zero-order chi connectivity index (χ0) is 21.3. The Morgan fingerprint density at radius 2 is 1.97 bits per heavy atom. The van der Waals surface area contributed by atoms with Crippen LogP contribution < -0.4 is 21.4 Å². The highest BCUT2D eigenvalue weighted by molar-refractivity contribution is 7.99. The van der Waals surface area contributed by atoms with Crippen LogP contribution in [0.15, 0.2) is 68.2 Å². The summed E-state index contributed by atoms with van der Waals surface area (Å²) < 4.78 is 19.1. The zero-order valence-electron chi connectivity index (χ0n) is 15.4. The predicted molar refractivity (Wildman–Crippen MR) is 109 cm³/mol. The minimum Gasteiger partial charge on any atom is -0.489 e. The molecule has 30 heavy (non-hydrogen) atoms. The summed E-state index contributed by atoms with van der Waals surface area (Å²) in [5, 5.41) is 9.44. The van der Waals surface area contributed by atoms with Gasteiger partial charge in [0.1, 0.15) is 18.2 Å². The molecule has 3 aromatic rings. The number of thioether (sulfide) groups is 1. The van der Waals surface area contributed by atoms with Gasteiger partial charge in [0.05, 0.1) is 12.0 Å². The first-order chi connectivity index (χ1) is 14.5. The third kappa shape index (κ3) is 6.14. The van der Waals surface area contributed by atoms with Gasteiger partial charge in [0, 0.05) is 5.56 Å². The zero-order valence-corrected chi connectivity index (χ0v) is 16.2. The molecule has 0 aliphatic heterocycles. The fourth-order valence-electron chi connectivity index (χ4n) is 2.21. The Bertz CT molecular complexity index is 1160. The minimum absolute atomic E-state index is 0.0281. The van der Waals surface area contributed by atoms with Crippen LogP contribution in [0.3, 0.4) is 0 Å². The van der Waals surface area contributed by atoms with E-state index in [0.29, 0.717) is 16.9 Å². The van der Waals surface area contributed by atoms with E-state index in [4.69, 9.17) is 4.74 Å². The first kappa shape index (κ1) is 21.0. The van der Waals surface area contributed by atoms with Crippen molar-refractivity contribution in [1.82, 2.24) is 20.6 Å². The van der Waals surface area contributed by atoms with Gasteiger partial charge in [-0.15, -0.1) is 0 Å². The lowest BCUT2D eigenvalue weighted by Crippen LogP contribution is -2.26. The summed E-state index contributed by atoms with van der Waals surface area (Å²) in [6.07, 6.45) is 1.44. The van der Waals surface area contributed by atoms with Crippen LogP contribution in [0.4, 0.5) is 4.39 Å². The summed E-state index contributed by atoms with van der Waals surface area (Å²) >= 11 is 0.862. The number of nitrogens with zero attached hydrogens (tertiary/aromatic N) is 2. The van der Waals surface area contributed by atoms with Crippen LogP contribution in [0.25, 0.3) is 0 Å². The largest absolute Gasteiger partial charge is 0.489 e. The van der Waals surface area contributed by atoms with Crippen molar-refractivity contribution in [3.05, 3.63) is 86.3 Å². The van der Waals surface area contributed by atoms with Gasteiger partial charge >= 0.3 is 5.69 Å². The molecule has 9 nitrogen and oxygen atoms in total. The highest BCUT2D eigenvalue weighted by Crippen LogP contribution is 2.15. The lowest BCUT2D eigenvalue weighted by atomic mass is 10.2. The Hall–Kier alpha value is -3.73. The first-order valence-corrected chi connectivity index (χ1v) is 9.60. The Labute approximate surface area is 173 Å². The van der Waals surface area contributed by atoms with Crippen LogP contribution in [0.1, 0.15) is 11.1 Å². The molecule has 0 saturated carbocycles. The van der Waals surface area contributed by atoms with Crippen molar-refractivity contribution >= 4 is 23.9 Å². The first-order valence-electron chi connectivity index (χ1n) is 8.61. The van der Waals surface area contributed by atoms with Crippen molar-refractivity contribution < 1.29 is 13.9 Å². The van der Waals surface area contributed by atoms with Gasteiger partial charge < -0.3 is 4.74 Å². The molecule has 1 heterocycles. The fraction of sp³-hybridized carbons (Fsp3) is 0.105. The summed E-state index contributed by atoms with van der Waals surface area (Å²) in [6, 6.07) is 13.2. The second kappa shape index (κ2) is 10.2. The number of hydrogen-bond donors (Lipinski definition) is 3. The number of ether oxygens (including phenoxy) is 1. The molecule has 0 spiro atoms. The molecule has 1 amide bonds. The number of nitrogens with one attached hydrogen (secondary N) is 3. The van der Waals surface area contributed by atoms with Gasteiger partial charge in [0.2, 0.25) is 5.91 Å². The van der Waals surface area contributed by atoms with Gasteiger partial charge in [-0.05, 0) is 35.9 Å². The SMILES string of the molecule is O=C(CSc1n[nH]c(=O)[nH]c1=O)N/N=C/c1ccc(OCc2ccccc2F)cc1. The molecule has 0 aliphatic carbocycles. The second-order valence-electron chi connectivity index (χ2n) is 5.84. The summed E-state index contributed by atoms with van der Waals surface area (Å²) in [5.41, 5.74) is 2.10. The predicted octanol–water partition coefficient (Wildman–Crippen LogP) is 1.42. The van der Waals surface area contributed by atoms with Gasteiger partial charge in [0.15, 0.2) is 5.03 Å². The molecule has 0 saturated heterocycles. The number of amides is 1. The molecule has 0 unspecified atom stereocenters. The summed E-state index contributed by atoms with van der Waals surface area (Å²) in [7, 11) is 0. The maximum Gasteiger partial charge on any atom is 0.342 e. The lowest BCUT2D eigenvalue weighted by molar-refractivity contribution is -0.118.